The molecule has 2 heterocycles. The van der Waals surface area contributed by atoms with Crippen LogP contribution in [0.2, 0.25) is 5.02 Å². The number of halogens is 2. The standard InChI is InChI=1S/C30H35ClFN5O/c1-18(34)3-2-4-20-14-25(28(32)26(31)15-20)27-16-23-17-37(30(38)36-29(23)35-27)24-9-7-21(8-10-24)22-6-5-19(13-22)11-12-33/h7-10,14-19,22H,2-6,11-13,33-34H2,1H3,(H,35,36,38)/t18-,19?,22-/m0/s1. The summed E-state index contributed by atoms with van der Waals surface area (Å²) in [7, 11) is 0. The van der Waals surface area contributed by atoms with Crippen LogP contribution >= 0.6 is 11.6 Å². The van der Waals surface area contributed by atoms with Gasteiger partial charge in [0.05, 0.1) is 16.4 Å². The van der Waals surface area contributed by atoms with Crippen molar-refractivity contribution in [1.82, 2.24) is 14.5 Å². The number of H-pyrrole nitrogens is 1. The molecule has 1 unspecified atom stereocenters. The van der Waals surface area contributed by atoms with Gasteiger partial charge in [-0.15, -0.1) is 0 Å². The maximum absolute atomic E-state index is 15.0. The number of hydrogen-bond acceptors (Lipinski definition) is 4. The molecule has 6 nitrogen and oxygen atoms in total. The van der Waals surface area contributed by atoms with Crippen LogP contribution in [0.4, 0.5) is 4.39 Å². The second kappa shape index (κ2) is 11.4. The maximum atomic E-state index is 15.0. The molecule has 200 valence electrons. The Balaban J connectivity index is 1.41. The topological polar surface area (TPSA) is 103 Å². The van der Waals surface area contributed by atoms with Crippen LogP contribution in [0.25, 0.3) is 28.0 Å². The summed E-state index contributed by atoms with van der Waals surface area (Å²) in [6.45, 7) is 2.72. The summed E-state index contributed by atoms with van der Waals surface area (Å²) in [5, 5.41) is 0.781. The van der Waals surface area contributed by atoms with Crippen molar-refractivity contribution in [2.45, 2.75) is 63.8 Å². The zero-order chi connectivity index (χ0) is 26.8. The molecule has 1 aliphatic carbocycles. The summed E-state index contributed by atoms with van der Waals surface area (Å²) < 4.78 is 16.6. The molecule has 5 N–H and O–H groups in total. The third kappa shape index (κ3) is 5.70. The SMILES string of the molecule is C[C@H](N)CCCc1cc(Cl)c(F)c(-c2cc3cn(-c4ccc([C@H]5CCC(CCN)C5)cc4)c(=O)nc3[nH]2)c1. The molecule has 8 heteroatoms. The van der Waals surface area contributed by atoms with Crippen LogP contribution in [-0.2, 0) is 6.42 Å². The van der Waals surface area contributed by atoms with Crippen LogP contribution in [0.3, 0.4) is 0 Å². The fourth-order valence-corrected chi connectivity index (χ4v) is 5.96. The Bertz CT molecular complexity index is 1480. The molecule has 5 rings (SSSR count). The Morgan fingerprint density at radius 2 is 2.00 bits per heavy atom. The highest BCUT2D eigenvalue weighted by atomic mass is 35.5. The van der Waals surface area contributed by atoms with Crippen molar-refractivity contribution in [3.8, 4) is 16.9 Å². The monoisotopic (exact) mass is 535 g/mol. The van der Waals surface area contributed by atoms with Gasteiger partial charge in [0.15, 0.2) is 5.82 Å². The first-order chi connectivity index (χ1) is 18.3. The van der Waals surface area contributed by atoms with Crippen molar-refractivity contribution in [1.29, 1.82) is 0 Å². The maximum Gasteiger partial charge on any atom is 0.354 e. The van der Waals surface area contributed by atoms with E-state index in [2.05, 4.69) is 22.1 Å². The fraction of sp³-hybridized carbons (Fsp3) is 0.400. The zero-order valence-electron chi connectivity index (χ0n) is 21.7. The van der Waals surface area contributed by atoms with E-state index >= 15 is 4.39 Å². The minimum Gasteiger partial charge on any atom is -0.339 e. The molecule has 1 aliphatic rings. The summed E-state index contributed by atoms with van der Waals surface area (Å²) in [4.78, 5) is 20.3. The van der Waals surface area contributed by atoms with E-state index < -0.39 is 11.5 Å². The molecule has 1 saturated carbocycles. The predicted octanol–water partition coefficient (Wildman–Crippen LogP) is 6.08. The van der Waals surface area contributed by atoms with Gasteiger partial charge in [-0.1, -0.05) is 23.7 Å². The number of hydrogen-bond donors (Lipinski definition) is 3. The first kappa shape index (κ1) is 26.6. The van der Waals surface area contributed by atoms with E-state index in [1.54, 1.807) is 18.3 Å². The number of fused-ring (bicyclic) bond motifs is 1. The quantitative estimate of drug-likeness (QED) is 0.242. The lowest BCUT2D eigenvalue weighted by atomic mass is 9.95. The van der Waals surface area contributed by atoms with Gasteiger partial charge in [0.1, 0.15) is 5.65 Å². The van der Waals surface area contributed by atoms with Crippen molar-refractivity contribution in [2.24, 2.45) is 17.4 Å². The van der Waals surface area contributed by atoms with Crippen LogP contribution in [0.15, 0.2) is 53.5 Å². The summed E-state index contributed by atoms with van der Waals surface area (Å²) in [5.74, 6) is 0.749. The molecule has 0 bridgehead atoms. The van der Waals surface area contributed by atoms with Crippen LogP contribution in [0.5, 0.6) is 0 Å². The fourth-order valence-electron chi connectivity index (χ4n) is 5.72. The Labute approximate surface area is 227 Å². The number of aromatic amines is 1. The molecule has 0 radical (unpaired) electrons. The average molecular weight is 536 g/mol. The van der Waals surface area contributed by atoms with Crippen LogP contribution in [-0.4, -0.2) is 27.1 Å². The largest absolute Gasteiger partial charge is 0.354 e. The van der Waals surface area contributed by atoms with Gasteiger partial charge in [-0.3, -0.25) is 4.57 Å². The van der Waals surface area contributed by atoms with Crippen molar-refractivity contribution < 1.29 is 4.39 Å². The minimum absolute atomic E-state index is 0.0705. The summed E-state index contributed by atoms with van der Waals surface area (Å²) in [5.41, 5.74) is 15.5. The number of aryl methyl sites for hydroxylation is 1. The molecule has 0 spiro atoms. The van der Waals surface area contributed by atoms with Gasteiger partial charge in [0, 0.05) is 23.2 Å². The first-order valence-electron chi connectivity index (χ1n) is 13.5. The van der Waals surface area contributed by atoms with E-state index in [1.165, 1.54) is 29.4 Å². The van der Waals surface area contributed by atoms with Gasteiger partial charge < -0.3 is 16.5 Å². The van der Waals surface area contributed by atoms with Crippen molar-refractivity contribution in [2.75, 3.05) is 6.54 Å². The highest BCUT2D eigenvalue weighted by Crippen LogP contribution is 2.39. The Morgan fingerprint density at radius 3 is 2.74 bits per heavy atom. The lowest BCUT2D eigenvalue weighted by Crippen LogP contribution is -2.20. The van der Waals surface area contributed by atoms with E-state index in [1.807, 2.05) is 25.1 Å². The number of nitrogens with two attached hydrogens (primary N) is 2. The third-order valence-corrected chi connectivity index (χ3v) is 8.04. The van der Waals surface area contributed by atoms with E-state index in [0.717, 1.165) is 43.5 Å². The Hall–Kier alpha value is -3.00. The smallest absolute Gasteiger partial charge is 0.339 e. The summed E-state index contributed by atoms with van der Waals surface area (Å²) >= 11 is 6.23. The minimum atomic E-state index is -0.499. The summed E-state index contributed by atoms with van der Waals surface area (Å²) in [6.07, 6.45) is 8.93. The second-order valence-electron chi connectivity index (χ2n) is 10.7. The van der Waals surface area contributed by atoms with E-state index in [0.29, 0.717) is 34.1 Å². The van der Waals surface area contributed by atoms with Gasteiger partial charge >= 0.3 is 5.69 Å². The Kier molecular flexibility index (Phi) is 7.98. The van der Waals surface area contributed by atoms with E-state index in [9.17, 15) is 4.79 Å². The van der Waals surface area contributed by atoms with Crippen molar-refractivity contribution in [3.05, 3.63) is 81.1 Å². The lowest BCUT2D eigenvalue weighted by molar-refractivity contribution is 0.503. The van der Waals surface area contributed by atoms with Crippen molar-refractivity contribution >= 4 is 22.6 Å². The molecule has 3 atom stereocenters. The van der Waals surface area contributed by atoms with Gasteiger partial charge in [0.2, 0.25) is 0 Å². The number of nitrogens with zero attached hydrogens (tertiary/aromatic N) is 2. The van der Waals surface area contributed by atoms with Crippen molar-refractivity contribution in [3.63, 3.8) is 0 Å². The van der Waals surface area contributed by atoms with Gasteiger partial charge in [-0.05, 0) is 112 Å². The molecule has 4 aromatic rings. The molecular formula is C30H35ClFN5O. The molecule has 38 heavy (non-hydrogen) atoms. The summed E-state index contributed by atoms with van der Waals surface area (Å²) in [6, 6.07) is 13.6. The van der Waals surface area contributed by atoms with E-state index in [4.69, 9.17) is 23.1 Å². The molecule has 0 aliphatic heterocycles. The highest BCUT2D eigenvalue weighted by Gasteiger charge is 2.25. The molecule has 2 aromatic carbocycles. The van der Waals surface area contributed by atoms with Gasteiger partial charge in [0.25, 0.3) is 0 Å². The number of benzene rings is 2. The molecule has 0 saturated heterocycles. The van der Waals surface area contributed by atoms with Gasteiger partial charge in [-0.2, -0.15) is 4.98 Å². The molecule has 2 aromatic heterocycles. The Morgan fingerprint density at radius 1 is 1.21 bits per heavy atom. The normalized spacial score (nSPS) is 18.3. The third-order valence-electron chi connectivity index (χ3n) is 7.77. The predicted molar refractivity (Wildman–Crippen MR) is 152 cm³/mol. The number of rotatable bonds is 9. The lowest BCUT2D eigenvalue weighted by Gasteiger charge is -2.12. The average Bonchev–Trinajstić information content (AvgIpc) is 3.52. The second-order valence-corrected chi connectivity index (χ2v) is 11.1. The zero-order valence-corrected chi connectivity index (χ0v) is 22.5. The number of aromatic nitrogens is 3. The number of nitrogens with one attached hydrogen (secondary N) is 1. The molecular weight excluding hydrogens is 501 g/mol. The van der Waals surface area contributed by atoms with E-state index in [-0.39, 0.29) is 11.1 Å². The first-order valence-corrected chi connectivity index (χ1v) is 13.9. The van der Waals surface area contributed by atoms with Crippen LogP contribution < -0.4 is 17.2 Å². The molecule has 1 fully saturated rings. The van der Waals surface area contributed by atoms with Crippen LogP contribution in [0.1, 0.15) is 62.5 Å². The van der Waals surface area contributed by atoms with Gasteiger partial charge in [-0.25, -0.2) is 9.18 Å². The highest BCUT2D eigenvalue weighted by molar-refractivity contribution is 6.31. The molecule has 0 amide bonds. The van der Waals surface area contributed by atoms with Crippen LogP contribution in [0, 0.1) is 11.7 Å².